The predicted molar refractivity (Wildman–Crippen MR) is 138 cm³/mol. The van der Waals surface area contributed by atoms with Gasteiger partial charge in [0.2, 0.25) is 11.9 Å². The van der Waals surface area contributed by atoms with E-state index in [4.69, 9.17) is 15.0 Å². The van der Waals surface area contributed by atoms with Crippen LogP contribution in [0.4, 0.5) is 17.8 Å². The van der Waals surface area contributed by atoms with Crippen molar-refractivity contribution in [1.82, 2.24) is 15.0 Å². The van der Waals surface area contributed by atoms with Crippen LogP contribution in [0.3, 0.4) is 0 Å². The average Bonchev–Trinajstić information content (AvgIpc) is 2.91. The van der Waals surface area contributed by atoms with Gasteiger partial charge in [-0.1, -0.05) is 77.0 Å². The number of nitrogens with one attached hydrogen (secondary N) is 1. The highest BCUT2D eigenvalue weighted by Gasteiger charge is 2.35. The largest absolute Gasteiger partial charge is 0.335 e. The fraction of sp³-hybridized carbons (Fsp3) is 0.889. The molecule has 190 valence electrons. The van der Waals surface area contributed by atoms with Crippen LogP contribution in [0, 0.1) is 0 Å². The molecule has 34 heavy (non-hydrogen) atoms. The Hall–Kier alpha value is -1.63. The molecule has 0 aliphatic heterocycles. The standard InChI is InChI=1S/C27H46N6O/c34-31-25-28-26(32(21-13-5-1-6-14-21)22-15-7-2-8-16-22)30-27(29-25)33(23-17-9-3-10-18-23)24-19-11-4-12-20-24/h21-24,34H,1-20H2,(H,28,29,30,31). The summed E-state index contributed by atoms with van der Waals surface area (Å²) in [4.78, 5) is 20.0. The Morgan fingerprint density at radius 1 is 0.471 bits per heavy atom. The van der Waals surface area contributed by atoms with Gasteiger partial charge in [0.05, 0.1) is 0 Å². The molecule has 7 nitrogen and oxygen atoms in total. The van der Waals surface area contributed by atoms with E-state index in [1.807, 2.05) is 0 Å². The highest BCUT2D eigenvalue weighted by molar-refractivity contribution is 5.47. The van der Waals surface area contributed by atoms with Gasteiger partial charge in [-0.15, -0.1) is 0 Å². The number of anilines is 3. The lowest BCUT2D eigenvalue weighted by Crippen LogP contribution is -2.48. The second-order valence-corrected chi connectivity index (χ2v) is 11.4. The summed E-state index contributed by atoms with van der Waals surface area (Å²) in [6.45, 7) is 0. The van der Waals surface area contributed by atoms with Crippen molar-refractivity contribution in [2.45, 2.75) is 153 Å². The molecule has 0 aromatic carbocycles. The zero-order chi connectivity index (χ0) is 23.2. The number of hydrogen-bond donors (Lipinski definition) is 2. The van der Waals surface area contributed by atoms with E-state index in [-0.39, 0.29) is 0 Å². The van der Waals surface area contributed by atoms with Crippen LogP contribution >= 0.6 is 0 Å². The Labute approximate surface area is 206 Å². The third-order valence-electron chi connectivity index (χ3n) is 9.05. The lowest BCUT2D eigenvalue weighted by molar-refractivity contribution is 0.328. The molecule has 7 heteroatoms. The Kier molecular flexibility index (Phi) is 8.41. The zero-order valence-corrected chi connectivity index (χ0v) is 21.1. The van der Waals surface area contributed by atoms with Gasteiger partial charge in [0, 0.05) is 24.2 Å². The molecule has 0 atom stereocenters. The molecule has 0 amide bonds. The number of rotatable bonds is 7. The molecule has 0 bridgehead atoms. The van der Waals surface area contributed by atoms with Crippen molar-refractivity contribution in [2.75, 3.05) is 15.3 Å². The summed E-state index contributed by atoms with van der Waals surface area (Å²) in [7, 11) is 0. The first-order chi connectivity index (χ1) is 16.8. The topological polar surface area (TPSA) is 77.4 Å². The van der Waals surface area contributed by atoms with Gasteiger partial charge in [0.25, 0.3) is 5.95 Å². The summed E-state index contributed by atoms with van der Waals surface area (Å²) in [5.74, 6) is 1.92. The maximum absolute atomic E-state index is 9.95. The van der Waals surface area contributed by atoms with Gasteiger partial charge < -0.3 is 9.80 Å². The summed E-state index contributed by atoms with van der Waals surface area (Å²) in [6.07, 6.45) is 25.6. The van der Waals surface area contributed by atoms with E-state index in [0.29, 0.717) is 30.1 Å². The van der Waals surface area contributed by atoms with Gasteiger partial charge >= 0.3 is 0 Å². The summed E-state index contributed by atoms with van der Waals surface area (Å²) in [6, 6.07) is 2.04. The maximum atomic E-state index is 9.95. The van der Waals surface area contributed by atoms with Crippen LogP contribution in [-0.4, -0.2) is 44.3 Å². The molecule has 5 rings (SSSR count). The van der Waals surface area contributed by atoms with Crippen LogP contribution in [0.15, 0.2) is 0 Å². The van der Waals surface area contributed by atoms with E-state index >= 15 is 0 Å². The van der Waals surface area contributed by atoms with Gasteiger partial charge in [-0.2, -0.15) is 15.0 Å². The molecule has 0 spiro atoms. The van der Waals surface area contributed by atoms with Crippen LogP contribution in [0.2, 0.25) is 0 Å². The van der Waals surface area contributed by atoms with Crippen LogP contribution in [-0.2, 0) is 0 Å². The Bertz CT molecular complexity index is 657. The minimum Gasteiger partial charge on any atom is -0.335 e. The molecule has 4 saturated carbocycles. The summed E-state index contributed by atoms with van der Waals surface area (Å²) >= 11 is 0. The minimum atomic E-state index is 0.313. The first-order valence-corrected chi connectivity index (χ1v) is 14.6. The smallest absolute Gasteiger partial charge is 0.253 e. The number of hydrogen-bond acceptors (Lipinski definition) is 7. The summed E-state index contributed by atoms with van der Waals surface area (Å²) < 4.78 is 0. The van der Waals surface area contributed by atoms with Gasteiger partial charge in [-0.25, -0.2) is 5.48 Å². The van der Waals surface area contributed by atoms with Crippen LogP contribution in [0.5, 0.6) is 0 Å². The van der Waals surface area contributed by atoms with Gasteiger partial charge in [-0.3, -0.25) is 5.21 Å². The molecule has 4 fully saturated rings. The molecular weight excluding hydrogens is 424 g/mol. The Morgan fingerprint density at radius 2 is 0.765 bits per heavy atom. The first kappa shape index (κ1) is 24.1. The lowest BCUT2D eigenvalue weighted by Gasteiger charge is -2.44. The molecule has 4 aliphatic rings. The second-order valence-electron chi connectivity index (χ2n) is 11.4. The number of aromatic nitrogens is 3. The van der Waals surface area contributed by atoms with Crippen LogP contribution in [0.1, 0.15) is 128 Å². The molecule has 1 aromatic rings. The minimum absolute atomic E-state index is 0.313. The van der Waals surface area contributed by atoms with Crippen molar-refractivity contribution in [3.8, 4) is 0 Å². The van der Waals surface area contributed by atoms with E-state index in [9.17, 15) is 5.21 Å². The third-order valence-corrected chi connectivity index (χ3v) is 9.05. The highest BCUT2D eigenvalue weighted by Crippen LogP contribution is 2.36. The van der Waals surface area contributed by atoms with E-state index in [0.717, 1.165) is 11.9 Å². The third kappa shape index (κ3) is 5.60. The van der Waals surface area contributed by atoms with Crippen molar-refractivity contribution < 1.29 is 5.21 Å². The van der Waals surface area contributed by atoms with Crippen LogP contribution in [0.25, 0.3) is 0 Å². The Morgan fingerprint density at radius 3 is 1.03 bits per heavy atom. The molecule has 0 radical (unpaired) electrons. The summed E-state index contributed by atoms with van der Waals surface area (Å²) in [5.41, 5.74) is 2.31. The average molecular weight is 471 g/mol. The van der Waals surface area contributed by atoms with Crippen molar-refractivity contribution in [3.05, 3.63) is 0 Å². The van der Waals surface area contributed by atoms with Crippen LogP contribution < -0.4 is 15.3 Å². The van der Waals surface area contributed by atoms with Crippen molar-refractivity contribution in [1.29, 1.82) is 0 Å². The molecule has 0 unspecified atom stereocenters. The Balaban J connectivity index is 1.51. The van der Waals surface area contributed by atoms with E-state index in [2.05, 4.69) is 15.3 Å². The summed E-state index contributed by atoms with van der Waals surface area (Å²) in [5, 5.41) is 9.95. The van der Waals surface area contributed by atoms with Crippen molar-refractivity contribution >= 4 is 17.8 Å². The van der Waals surface area contributed by atoms with Gasteiger partial charge in [0.1, 0.15) is 0 Å². The quantitative estimate of drug-likeness (QED) is 0.434. The first-order valence-electron chi connectivity index (χ1n) is 14.6. The second kappa shape index (κ2) is 11.9. The lowest BCUT2D eigenvalue weighted by atomic mass is 9.88. The number of nitrogens with zero attached hydrogens (tertiary/aromatic N) is 5. The molecule has 1 heterocycles. The monoisotopic (exact) mass is 470 g/mol. The maximum Gasteiger partial charge on any atom is 0.253 e. The fourth-order valence-electron chi connectivity index (χ4n) is 7.32. The molecule has 0 saturated heterocycles. The fourth-order valence-corrected chi connectivity index (χ4v) is 7.32. The highest BCUT2D eigenvalue weighted by atomic mass is 16.5. The van der Waals surface area contributed by atoms with E-state index in [1.54, 1.807) is 0 Å². The predicted octanol–water partition coefficient (Wildman–Crippen LogP) is 6.62. The molecule has 1 aromatic heterocycles. The molecular formula is C27H46N6O. The van der Waals surface area contributed by atoms with Gasteiger partial charge in [0.15, 0.2) is 0 Å². The molecule has 2 N–H and O–H groups in total. The van der Waals surface area contributed by atoms with E-state index in [1.165, 1.54) is 128 Å². The van der Waals surface area contributed by atoms with Crippen molar-refractivity contribution in [3.63, 3.8) is 0 Å². The van der Waals surface area contributed by atoms with Crippen molar-refractivity contribution in [2.24, 2.45) is 0 Å². The SMILES string of the molecule is ONc1nc(N(C2CCCCC2)C2CCCCC2)nc(N(C2CCCCC2)C2CCCCC2)n1. The molecule has 4 aliphatic carbocycles. The van der Waals surface area contributed by atoms with E-state index < -0.39 is 0 Å². The van der Waals surface area contributed by atoms with Gasteiger partial charge in [-0.05, 0) is 51.4 Å². The zero-order valence-electron chi connectivity index (χ0n) is 21.1. The normalized spacial score (nSPS) is 24.1.